The fraction of sp³-hybridized carbons (Fsp3) is 0.208. The summed E-state index contributed by atoms with van der Waals surface area (Å²) in [5.41, 5.74) is 1.07. The van der Waals surface area contributed by atoms with Gasteiger partial charge in [-0.1, -0.05) is 29.8 Å². The Hall–Kier alpha value is -3.58. The third kappa shape index (κ3) is 4.11. The van der Waals surface area contributed by atoms with Crippen molar-refractivity contribution in [2.24, 2.45) is 0 Å². The maximum atomic E-state index is 13.1. The average Bonchev–Trinajstić information content (AvgIpc) is 3.41. The standard InChI is InChI=1S/C24H22ClN3O4/c1-32-19-6-3-2-5-18(19)21-20(22(29)16-7-9-17(25)10-8-16)23(30)24(31)28(21)13-4-12-27-14-11-26-15-27/h2-3,5-11,14-15,21,29H,4,12-13H2,1H3. The Morgan fingerprint density at radius 2 is 1.88 bits per heavy atom. The highest BCUT2D eigenvalue weighted by Crippen LogP contribution is 2.42. The molecule has 1 saturated heterocycles. The molecular weight excluding hydrogens is 430 g/mol. The molecule has 3 aromatic rings. The normalized spacial score (nSPS) is 17.7. The highest BCUT2D eigenvalue weighted by molar-refractivity contribution is 6.46. The van der Waals surface area contributed by atoms with Crippen molar-refractivity contribution in [1.29, 1.82) is 0 Å². The van der Waals surface area contributed by atoms with Gasteiger partial charge in [-0.05, 0) is 36.8 Å². The van der Waals surface area contributed by atoms with E-state index in [9.17, 15) is 14.7 Å². The first-order valence-electron chi connectivity index (χ1n) is 10.1. The van der Waals surface area contributed by atoms with E-state index < -0.39 is 17.7 Å². The molecule has 0 bridgehead atoms. The van der Waals surface area contributed by atoms with Crippen LogP contribution in [0.4, 0.5) is 0 Å². The van der Waals surface area contributed by atoms with Gasteiger partial charge in [-0.3, -0.25) is 9.59 Å². The molecule has 1 fully saturated rings. The maximum absolute atomic E-state index is 13.1. The molecule has 0 aliphatic carbocycles. The van der Waals surface area contributed by atoms with E-state index in [4.69, 9.17) is 16.3 Å². The van der Waals surface area contributed by atoms with E-state index >= 15 is 0 Å². The molecule has 32 heavy (non-hydrogen) atoms. The van der Waals surface area contributed by atoms with Gasteiger partial charge in [0.2, 0.25) is 0 Å². The van der Waals surface area contributed by atoms with Gasteiger partial charge in [0, 0.05) is 41.6 Å². The van der Waals surface area contributed by atoms with E-state index in [-0.39, 0.29) is 11.3 Å². The van der Waals surface area contributed by atoms with E-state index in [1.54, 1.807) is 48.9 Å². The number of hydrogen-bond donors (Lipinski definition) is 1. The summed E-state index contributed by atoms with van der Waals surface area (Å²) in [7, 11) is 1.53. The van der Waals surface area contributed by atoms with Crippen LogP contribution in [0.5, 0.6) is 5.75 Å². The number of amides is 1. The third-order valence-corrected chi connectivity index (χ3v) is 5.72. The van der Waals surface area contributed by atoms with Crippen LogP contribution in [0, 0.1) is 0 Å². The van der Waals surface area contributed by atoms with Gasteiger partial charge in [-0.25, -0.2) is 4.98 Å². The zero-order valence-electron chi connectivity index (χ0n) is 17.4. The van der Waals surface area contributed by atoms with E-state index in [0.717, 1.165) is 0 Å². The molecule has 1 amide bonds. The number of ether oxygens (including phenoxy) is 1. The predicted octanol–water partition coefficient (Wildman–Crippen LogP) is 4.06. The molecule has 1 atom stereocenters. The van der Waals surface area contributed by atoms with Crippen LogP contribution in [0.15, 0.2) is 72.8 Å². The van der Waals surface area contributed by atoms with Crippen molar-refractivity contribution in [1.82, 2.24) is 14.5 Å². The number of aryl methyl sites for hydroxylation is 1. The highest BCUT2D eigenvalue weighted by atomic mass is 35.5. The lowest BCUT2D eigenvalue weighted by molar-refractivity contribution is -0.140. The van der Waals surface area contributed by atoms with Gasteiger partial charge in [0.25, 0.3) is 11.7 Å². The number of ketones is 1. The number of imidazole rings is 1. The van der Waals surface area contributed by atoms with Crippen molar-refractivity contribution in [2.45, 2.75) is 19.0 Å². The van der Waals surface area contributed by atoms with Crippen molar-refractivity contribution in [3.05, 3.63) is 89.0 Å². The first-order chi connectivity index (χ1) is 15.5. The number of para-hydroxylation sites is 1. The Bertz CT molecular complexity index is 1160. The number of carbonyl (C=O) groups excluding carboxylic acids is 2. The average molecular weight is 452 g/mol. The van der Waals surface area contributed by atoms with Gasteiger partial charge in [0.15, 0.2) is 0 Å². The molecule has 1 aliphatic heterocycles. The number of rotatable bonds is 7. The third-order valence-electron chi connectivity index (χ3n) is 5.47. The molecule has 4 rings (SSSR count). The number of Topliss-reactive ketones (excluding diaryl/α,β-unsaturated/α-hetero) is 1. The number of aliphatic hydroxyl groups excluding tert-OH is 1. The molecule has 0 saturated carbocycles. The number of methoxy groups -OCH3 is 1. The maximum Gasteiger partial charge on any atom is 0.295 e. The zero-order chi connectivity index (χ0) is 22.7. The second kappa shape index (κ2) is 9.28. The number of aromatic nitrogens is 2. The first-order valence-corrected chi connectivity index (χ1v) is 10.5. The van der Waals surface area contributed by atoms with Crippen LogP contribution in [0.2, 0.25) is 5.02 Å². The smallest absolute Gasteiger partial charge is 0.295 e. The van der Waals surface area contributed by atoms with Crippen LogP contribution < -0.4 is 4.74 Å². The zero-order valence-corrected chi connectivity index (χ0v) is 18.2. The van der Waals surface area contributed by atoms with Crippen LogP contribution in [-0.2, 0) is 16.1 Å². The van der Waals surface area contributed by atoms with Gasteiger partial charge in [0.1, 0.15) is 11.5 Å². The molecule has 1 N–H and O–H groups in total. The number of likely N-dealkylation sites (tertiary alicyclic amines) is 1. The molecule has 8 heteroatoms. The summed E-state index contributed by atoms with van der Waals surface area (Å²) in [5, 5.41) is 11.6. The minimum Gasteiger partial charge on any atom is -0.507 e. The SMILES string of the molecule is COc1ccccc1C1C(=C(O)c2ccc(Cl)cc2)C(=O)C(=O)N1CCCn1ccnc1. The summed E-state index contributed by atoms with van der Waals surface area (Å²) in [6.45, 7) is 0.960. The van der Waals surface area contributed by atoms with Gasteiger partial charge >= 0.3 is 0 Å². The summed E-state index contributed by atoms with van der Waals surface area (Å²) < 4.78 is 7.41. The molecule has 164 valence electrons. The van der Waals surface area contributed by atoms with Crippen LogP contribution >= 0.6 is 11.6 Å². The molecule has 0 radical (unpaired) electrons. The second-order valence-corrected chi connectivity index (χ2v) is 7.83. The Morgan fingerprint density at radius 1 is 1.12 bits per heavy atom. The predicted molar refractivity (Wildman–Crippen MR) is 120 cm³/mol. The summed E-state index contributed by atoms with van der Waals surface area (Å²) in [4.78, 5) is 31.6. The van der Waals surface area contributed by atoms with Crippen LogP contribution in [0.1, 0.15) is 23.6 Å². The van der Waals surface area contributed by atoms with Crippen molar-refractivity contribution in [3.63, 3.8) is 0 Å². The molecular formula is C24H22ClN3O4. The topological polar surface area (TPSA) is 84.7 Å². The number of aliphatic hydroxyl groups is 1. The first kappa shape index (κ1) is 21.6. The van der Waals surface area contributed by atoms with E-state index in [2.05, 4.69) is 4.98 Å². The lowest BCUT2D eigenvalue weighted by Gasteiger charge is -2.26. The van der Waals surface area contributed by atoms with Gasteiger partial charge in [0.05, 0.1) is 25.1 Å². The lowest BCUT2D eigenvalue weighted by Crippen LogP contribution is -2.31. The molecule has 1 unspecified atom stereocenters. The number of hydrogen-bond acceptors (Lipinski definition) is 5. The minimum absolute atomic E-state index is 0.0319. The lowest BCUT2D eigenvalue weighted by atomic mass is 9.94. The number of benzene rings is 2. The summed E-state index contributed by atoms with van der Waals surface area (Å²) >= 11 is 5.96. The minimum atomic E-state index is -0.774. The monoisotopic (exact) mass is 451 g/mol. The molecule has 2 aromatic carbocycles. The van der Waals surface area contributed by atoms with E-state index in [1.165, 1.54) is 12.0 Å². The highest BCUT2D eigenvalue weighted by Gasteiger charge is 2.46. The fourth-order valence-electron chi connectivity index (χ4n) is 3.93. The summed E-state index contributed by atoms with van der Waals surface area (Å²) in [5.74, 6) is -1.09. The Labute approximate surface area is 190 Å². The fourth-order valence-corrected chi connectivity index (χ4v) is 4.06. The quantitative estimate of drug-likeness (QED) is 0.332. The van der Waals surface area contributed by atoms with E-state index in [0.29, 0.717) is 41.4 Å². The molecule has 0 spiro atoms. The van der Waals surface area contributed by atoms with Crippen molar-refractivity contribution in [2.75, 3.05) is 13.7 Å². The Kier molecular flexibility index (Phi) is 6.28. The van der Waals surface area contributed by atoms with E-state index in [1.807, 2.05) is 22.9 Å². The second-order valence-electron chi connectivity index (χ2n) is 7.40. The summed E-state index contributed by atoms with van der Waals surface area (Å²) in [6.07, 6.45) is 5.84. The largest absolute Gasteiger partial charge is 0.507 e. The van der Waals surface area contributed by atoms with Gasteiger partial charge < -0.3 is 19.3 Å². The van der Waals surface area contributed by atoms with Gasteiger partial charge in [-0.15, -0.1) is 0 Å². The number of carbonyl (C=O) groups is 2. The van der Waals surface area contributed by atoms with Crippen molar-refractivity contribution in [3.8, 4) is 5.75 Å². The van der Waals surface area contributed by atoms with Crippen LogP contribution in [-0.4, -0.2) is 44.9 Å². The molecule has 2 heterocycles. The molecule has 1 aliphatic rings. The van der Waals surface area contributed by atoms with Crippen LogP contribution in [0.25, 0.3) is 5.76 Å². The molecule has 1 aromatic heterocycles. The Balaban J connectivity index is 1.77. The summed E-state index contributed by atoms with van der Waals surface area (Å²) in [6, 6.07) is 12.9. The van der Waals surface area contributed by atoms with Crippen molar-refractivity contribution < 1.29 is 19.4 Å². The van der Waals surface area contributed by atoms with Crippen molar-refractivity contribution >= 4 is 29.1 Å². The Morgan fingerprint density at radius 3 is 2.56 bits per heavy atom. The molecule has 7 nitrogen and oxygen atoms in total. The van der Waals surface area contributed by atoms with Crippen LogP contribution in [0.3, 0.4) is 0 Å². The number of nitrogens with zero attached hydrogens (tertiary/aromatic N) is 3. The number of halogens is 1. The van der Waals surface area contributed by atoms with Gasteiger partial charge in [-0.2, -0.15) is 0 Å².